The molecule has 2 aromatic heterocycles. The predicted molar refractivity (Wildman–Crippen MR) is 137 cm³/mol. The molecular weight excluding hydrogens is 412 g/mol. The number of likely N-dealkylation sites (N-methyl/N-ethyl adjacent to an activating group) is 1. The lowest BCUT2D eigenvalue weighted by molar-refractivity contribution is 0.258. The molecule has 0 atom stereocenters. The summed E-state index contributed by atoms with van der Waals surface area (Å²) in [5.41, 5.74) is 10.1. The lowest BCUT2D eigenvalue weighted by Gasteiger charge is -2.39. The van der Waals surface area contributed by atoms with Gasteiger partial charge >= 0.3 is 0 Å². The van der Waals surface area contributed by atoms with Crippen LogP contribution in [0.5, 0.6) is 0 Å². The third-order valence-corrected chi connectivity index (χ3v) is 6.81. The van der Waals surface area contributed by atoms with Crippen molar-refractivity contribution < 1.29 is 0 Å². The van der Waals surface area contributed by atoms with E-state index in [-0.39, 0.29) is 5.41 Å². The molecule has 0 unspecified atom stereocenters. The Morgan fingerprint density at radius 3 is 2.52 bits per heavy atom. The fourth-order valence-electron chi connectivity index (χ4n) is 4.33. The molecule has 1 saturated heterocycles. The average Bonchev–Trinajstić information content (AvgIpc) is 3.28. The zero-order valence-electron chi connectivity index (χ0n) is 20.1. The number of piperidine rings is 1. The van der Waals surface area contributed by atoms with Gasteiger partial charge < -0.3 is 20.4 Å². The second-order valence-electron chi connectivity index (χ2n) is 9.23. The van der Waals surface area contributed by atoms with Crippen LogP contribution in [0.15, 0.2) is 43.1 Å². The summed E-state index contributed by atoms with van der Waals surface area (Å²) in [6, 6.07) is 8.41. The maximum Gasteiger partial charge on any atom is 0.183 e. The molecule has 1 aromatic carbocycles. The number of aromatic amines is 1. The van der Waals surface area contributed by atoms with Gasteiger partial charge in [-0.15, -0.1) is 6.58 Å². The number of para-hydroxylation sites is 2. The van der Waals surface area contributed by atoms with Gasteiger partial charge in [-0.3, -0.25) is 5.10 Å². The summed E-state index contributed by atoms with van der Waals surface area (Å²) in [7, 11) is 2.12. The fourth-order valence-corrected chi connectivity index (χ4v) is 4.33. The first-order valence-electron chi connectivity index (χ1n) is 11.8. The number of nitrogens with one attached hydrogen (secondary N) is 1. The molecule has 5 rings (SSSR count). The first-order valence-corrected chi connectivity index (χ1v) is 11.8. The smallest absolute Gasteiger partial charge is 0.183 e. The molecule has 0 aliphatic carbocycles. The van der Waals surface area contributed by atoms with Crippen LogP contribution in [0.3, 0.4) is 0 Å². The van der Waals surface area contributed by atoms with Crippen LogP contribution in [0.25, 0.3) is 11.2 Å². The third-order valence-electron chi connectivity index (χ3n) is 6.81. The van der Waals surface area contributed by atoms with E-state index in [0.29, 0.717) is 0 Å². The lowest BCUT2D eigenvalue weighted by Crippen LogP contribution is -2.42. The molecule has 2 aliphatic rings. The summed E-state index contributed by atoms with van der Waals surface area (Å²) < 4.78 is 0. The molecule has 0 spiro atoms. The van der Waals surface area contributed by atoms with Gasteiger partial charge in [0.05, 0.1) is 17.6 Å². The van der Waals surface area contributed by atoms with E-state index >= 15 is 0 Å². The third kappa shape index (κ3) is 4.66. The Morgan fingerprint density at radius 1 is 1.15 bits per heavy atom. The number of anilines is 4. The van der Waals surface area contributed by atoms with Crippen LogP contribution in [0, 0.1) is 5.41 Å². The molecule has 0 radical (unpaired) electrons. The van der Waals surface area contributed by atoms with Crippen LogP contribution >= 0.6 is 0 Å². The van der Waals surface area contributed by atoms with E-state index in [9.17, 15) is 0 Å². The van der Waals surface area contributed by atoms with Gasteiger partial charge in [-0.1, -0.05) is 32.1 Å². The van der Waals surface area contributed by atoms with Gasteiger partial charge in [0, 0.05) is 33.2 Å². The molecule has 3 N–H and O–H groups in total. The van der Waals surface area contributed by atoms with Gasteiger partial charge in [0.2, 0.25) is 0 Å². The SMILES string of the molecule is C=CCC.CN1CCN(c2n[nH]c3nc(N4CCC(C)(CN)CC4)cnc23)c2ccccc21. The highest BCUT2D eigenvalue weighted by Crippen LogP contribution is 2.38. The van der Waals surface area contributed by atoms with E-state index in [0.717, 1.165) is 80.5 Å². The molecule has 33 heavy (non-hydrogen) atoms. The minimum absolute atomic E-state index is 0.240. The Bertz CT molecular complexity index is 1080. The first-order chi connectivity index (χ1) is 16.0. The lowest BCUT2D eigenvalue weighted by atomic mass is 9.80. The Labute approximate surface area is 196 Å². The van der Waals surface area contributed by atoms with Gasteiger partial charge in [-0.05, 0) is 43.4 Å². The Morgan fingerprint density at radius 2 is 1.85 bits per heavy atom. The number of rotatable bonds is 4. The monoisotopic (exact) mass is 448 g/mol. The van der Waals surface area contributed by atoms with E-state index in [4.69, 9.17) is 15.7 Å². The van der Waals surface area contributed by atoms with Crippen LogP contribution < -0.4 is 20.4 Å². The highest BCUT2D eigenvalue weighted by molar-refractivity contribution is 5.90. The summed E-state index contributed by atoms with van der Waals surface area (Å²) in [4.78, 5) is 16.4. The summed E-state index contributed by atoms with van der Waals surface area (Å²) in [6.07, 6.45) is 7.00. The van der Waals surface area contributed by atoms with E-state index in [1.807, 2.05) is 12.3 Å². The topological polar surface area (TPSA) is 90.2 Å². The minimum Gasteiger partial charge on any atom is -0.371 e. The normalized spacial score (nSPS) is 17.4. The maximum atomic E-state index is 5.94. The second-order valence-corrected chi connectivity index (χ2v) is 9.23. The van der Waals surface area contributed by atoms with Gasteiger partial charge in [0.25, 0.3) is 0 Å². The van der Waals surface area contributed by atoms with Crippen LogP contribution in [0.4, 0.5) is 23.0 Å². The van der Waals surface area contributed by atoms with E-state index in [1.54, 1.807) is 0 Å². The molecule has 176 valence electrons. The number of hydrogen-bond acceptors (Lipinski definition) is 7. The minimum atomic E-state index is 0.240. The second kappa shape index (κ2) is 9.79. The van der Waals surface area contributed by atoms with Gasteiger partial charge in [0.15, 0.2) is 17.0 Å². The van der Waals surface area contributed by atoms with Crippen molar-refractivity contribution >= 4 is 34.2 Å². The molecule has 8 nitrogen and oxygen atoms in total. The molecule has 8 heteroatoms. The molecule has 0 amide bonds. The average molecular weight is 449 g/mol. The van der Waals surface area contributed by atoms with Crippen LogP contribution in [-0.2, 0) is 0 Å². The molecule has 3 aromatic rings. The number of aromatic nitrogens is 4. The largest absolute Gasteiger partial charge is 0.371 e. The Kier molecular flexibility index (Phi) is 6.83. The Hall–Kier alpha value is -3.13. The summed E-state index contributed by atoms with van der Waals surface area (Å²) in [5, 5.41) is 7.70. The quantitative estimate of drug-likeness (QED) is 0.581. The van der Waals surface area contributed by atoms with Crippen molar-refractivity contribution in [1.82, 2.24) is 20.2 Å². The number of H-pyrrole nitrogens is 1. The maximum absolute atomic E-state index is 5.94. The number of hydrogen-bond donors (Lipinski definition) is 2. The first kappa shape index (κ1) is 23.0. The summed E-state index contributed by atoms with van der Waals surface area (Å²) >= 11 is 0. The number of nitrogens with two attached hydrogens (primary N) is 1. The Balaban J connectivity index is 0.000000601. The van der Waals surface area contributed by atoms with Crippen molar-refractivity contribution in [2.75, 3.05) is 54.5 Å². The number of fused-ring (bicyclic) bond motifs is 2. The van der Waals surface area contributed by atoms with E-state index in [2.05, 4.69) is 76.6 Å². The summed E-state index contributed by atoms with van der Waals surface area (Å²) in [5.74, 6) is 1.75. The van der Waals surface area contributed by atoms with Gasteiger partial charge in [-0.2, -0.15) is 5.10 Å². The highest BCUT2D eigenvalue weighted by atomic mass is 15.3. The van der Waals surface area contributed by atoms with E-state index < -0.39 is 0 Å². The van der Waals surface area contributed by atoms with Crippen LogP contribution in [-0.4, -0.2) is 59.9 Å². The van der Waals surface area contributed by atoms with E-state index in [1.165, 1.54) is 5.69 Å². The van der Waals surface area contributed by atoms with Crippen molar-refractivity contribution in [2.45, 2.75) is 33.1 Å². The number of allylic oxidation sites excluding steroid dienone is 1. The van der Waals surface area contributed by atoms with Crippen molar-refractivity contribution in [3.05, 3.63) is 43.1 Å². The standard InChI is InChI=1S/C21H28N8.C4H8/c1-21(14-22)7-9-28(10-8-21)17-13-23-18-19(24-17)25-26-20(18)29-12-11-27(2)15-5-3-4-6-16(15)29;1-3-4-2/h3-6,13H,7-12,14,22H2,1-2H3,(H,24,25,26);3H,1,4H2,2H3. The van der Waals surface area contributed by atoms with Crippen molar-refractivity contribution in [3.8, 4) is 0 Å². The van der Waals surface area contributed by atoms with Gasteiger partial charge in [0.1, 0.15) is 5.82 Å². The molecule has 1 fully saturated rings. The fraction of sp³-hybridized carbons (Fsp3) is 0.480. The molecule has 0 bridgehead atoms. The van der Waals surface area contributed by atoms with Crippen LogP contribution in [0.2, 0.25) is 0 Å². The zero-order chi connectivity index (χ0) is 23.4. The molecule has 4 heterocycles. The number of nitrogens with zero attached hydrogens (tertiary/aromatic N) is 6. The number of benzene rings is 1. The van der Waals surface area contributed by atoms with Gasteiger partial charge in [-0.25, -0.2) is 9.97 Å². The molecule has 0 saturated carbocycles. The summed E-state index contributed by atoms with van der Waals surface area (Å²) in [6.45, 7) is 12.3. The zero-order valence-corrected chi connectivity index (χ0v) is 20.1. The predicted octanol–water partition coefficient (Wildman–Crippen LogP) is 4.09. The molecule has 2 aliphatic heterocycles. The van der Waals surface area contributed by atoms with Crippen molar-refractivity contribution in [1.29, 1.82) is 0 Å². The van der Waals surface area contributed by atoms with Crippen molar-refractivity contribution in [2.24, 2.45) is 11.1 Å². The highest BCUT2D eigenvalue weighted by Gasteiger charge is 2.30. The van der Waals surface area contributed by atoms with Crippen LogP contribution in [0.1, 0.15) is 33.1 Å². The molecular formula is C25H36N8. The van der Waals surface area contributed by atoms with Crippen molar-refractivity contribution in [3.63, 3.8) is 0 Å².